The number of benzene rings is 3. The van der Waals surface area contributed by atoms with Crippen LogP contribution in [0.1, 0.15) is 28.7 Å². The fraction of sp³-hybridized carbons (Fsp3) is 0.240. The maximum Gasteiger partial charge on any atom is 0.416 e. The van der Waals surface area contributed by atoms with E-state index in [9.17, 15) is 39.6 Å². The van der Waals surface area contributed by atoms with Crippen molar-refractivity contribution in [2.75, 3.05) is 11.9 Å². The Morgan fingerprint density at radius 2 is 1.27 bits per heavy atom. The molecule has 0 aliphatic heterocycles. The van der Waals surface area contributed by atoms with E-state index in [4.69, 9.17) is 0 Å². The van der Waals surface area contributed by atoms with Gasteiger partial charge in [0.1, 0.15) is 0 Å². The second kappa shape index (κ2) is 11.3. The molecule has 37 heavy (non-hydrogen) atoms. The van der Waals surface area contributed by atoms with E-state index in [2.05, 4.69) is 10.0 Å². The van der Waals surface area contributed by atoms with Gasteiger partial charge in [0.05, 0.1) is 16.0 Å². The molecule has 0 fully saturated rings. The standard InChI is InChI=1S/C25H22F6N2O3S/c26-24(27,28)19-14-20(25(29,30)31)16-21(15-19)33-23(34)11-8-18-6-9-22(10-7-18)37(35,36)32-13-12-17-4-2-1-3-5-17/h1-7,9-10,14-16,32H,8,11-13H2,(H,33,34). The van der Waals surface area contributed by atoms with E-state index in [-0.39, 0.29) is 30.3 Å². The number of hydrogen-bond donors (Lipinski definition) is 2. The molecule has 0 saturated heterocycles. The van der Waals surface area contributed by atoms with Crippen LogP contribution in [0.5, 0.6) is 0 Å². The number of nitrogens with one attached hydrogen (secondary N) is 2. The van der Waals surface area contributed by atoms with Gasteiger partial charge in [0.25, 0.3) is 0 Å². The lowest BCUT2D eigenvalue weighted by molar-refractivity contribution is -0.143. The lowest BCUT2D eigenvalue weighted by Crippen LogP contribution is -2.26. The number of amides is 1. The van der Waals surface area contributed by atoms with Crippen LogP contribution in [0.25, 0.3) is 0 Å². The normalized spacial score (nSPS) is 12.4. The maximum absolute atomic E-state index is 13.0. The van der Waals surface area contributed by atoms with Gasteiger partial charge in [0.15, 0.2) is 0 Å². The quantitative estimate of drug-likeness (QED) is 0.334. The van der Waals surface area contributed by atoms with Gasteiger partial charge >= 0.3 is 12.4 Å². The van der Waals surface area contributed by atoms with Gasteiger partial charge in [-0.25, -0.2) is 13.1 Å². The van der Waals surface area contributed by atoms with Gasteiger partial charge < -0.3 is 5.32 Å². The average molecular weight is 545 g/mol. The minimum Gasteiger partial charge on any atom is -0.326 e. The molecule has 2 N–H and O–H groups in total. The number of carbonyl (C=O) groups is 1. The number of carbonyl (C=O) groups excluding carboxylic acids is 1. The van der Waals surface area contributed by atoms with Crippen molar-refractivity contribution in [2.45, 2.75) is 36.5 Å². The molecule has 3 rings (SSSR count). The van der Waals surface area contributed by atoms with Crippen LogP contribution in [0.15, 0.2) is 77.7 Å². The second-order valence-electron chi connectivity index (χ2n) is 8.12. The van der Waals surface area contributed by atoms with E-state index in [1.807, 2.05) is 30.3 Å². The number of anilines is 1. The molecule has 0 saturated carbocycles. The fourth-order valence-electron chi connectivity index (χ4n) is 3.40. The van der Waals surface area contributed by atoms with E-state index < -0.39 is 45.1 Å². The Bertz CT molecular complexity index is 1290. The summed E-state index contributed by atoms with van der Waals surface area (Å²) in [6.45, 7) is 0.194. The molecule has 1 amide bonds. The van der Waals surface area contributed by atoms with Crippen LogP contribution in [0.3, 0.4) is 0 Å². The van der Waals surface area contributed by atoms with Gasteiger partial charge in [-0.2, -0.15) is 26.3 Å². The number of alkyl halides is 6. The molecule has 0 bridgehead atoms. The van der Waals surface area contributed by atoms with Crippen molar-refractivity contribution in [3.05, 3.63) is 95.1 Å². The van der Waals surface area contributed by atoms with Crippen molar-refractivity contribution in [3.63, 3.8) is 0 Å². The second-order valence-corrected chi connectivity index (χ2v) is 9.89. The lowest BCUT2D eigenvalue weighted by atomic mass is 10.1. The van der Waals surface area contributed by atoms with Crippen LogP contribution < -0.4 is 10.0 Å². The summed E-state index contributed by atoms with van der Waals surface area (Å²) in [4.78, 5) is 12.2. The molecule has 0 aromatic heterocycles. The first-order valence-corrected chi connectivity index (χ1v) is 12.4. The zero-order chi connectivity index (χ0) is 27.3. The van der Waals surface area contributed by atoms with Crippen LogP contribution in [-0.2, 0) is 40.0 Å². The predicted octanol–water partition coefficient (Wildman–Crippen LogP) is 5.82. The number of halogens is 6. The highest BCUT2D eigenvalue weighted by molar-refractivity contribution is 7.89. The van der Waals surface area contributed by atoms with Crippen LogP contribution in [0.2, 0.25) is 0 Å². The van der Waals surface area contributed by atoms with Crippen LogP contribution in [0.4, 0.5) is 32.0 Å². The van der Waals surface area contributed by atoms with Gasteiger partial charge in [0, 0.05) is 18.7 Å². The van der Waals surface area contributed by atoms with Crippen LogP contribution in [-0.4, -0.2) is 20.9 Å². The summed E-state index contributed by atoms with van der Waals surface area (Å²) in [5.41, 5.74) is -2.18. The first-order chi connectivity index (χ1) is 17.2. The summed E-state index contributed by atoms with van der Waals surface area (Å²) < 4.78 is 105. The minimum absolute atomic E-state index is 0.0115. The highest BCUT2D eigenvalue weighted by Crippen LogP contribution is 2.37. The van der Waals surface area contributed by atoms with E-state index in [1.54, 1.807) is 0 Å². The smallest absolute Gasteiger partial charge is 0.326 e. The molecular weight excluding hydrogens is 522 g/mol. The summed E-state index contributed by atoms with van der Waals surface area (Å²) in [6, 6.07) is 15.8. The SMILES string of the molecule is O=C(CCc1ccc(S(=O)(=O)NCCc2ccccc2)cc1)Nc1cc(C(F)(F)F)cc(C(F)(F)F)c1. The molecule has 3 aromatic rings. The molecule has 3 aromatic carbocycles. The highest BCUT2D eigenvalue weighted by Gasteiger charge is 2.37. The number of sulfonamides is 1. The molecule has 0 heterocycles. The van der Waals surface area contributed by atoms with Gasteiger partial charge in [-0.1, -0.05) is 42.5 Å². The maximum atomic E-state index is 13.0. The lowest BCUT2D eigenvalue weighted by Gasteiger charge is -2.15. The van der Waals surface area contributed by atoms with Gasteiger partial charge in [-0.3, -0.25) is 4.79 Å². The monoisotopic (exact) mass is 544 g/mol. The molecule has 5 nitrogen and oxygen atoms in total. The molecule has 0 aliphatic carbocycles. The molecule has 0 radical (unpaired) electrons. The van der Waals surface area contributed by atoms with Crippen molar-refractivity contribution in [3.8, 4) is 0 Å². The Morgan fingerprint density at radius 1 is 0.730 bits per heavy atom. The summed E-state index contributed by atoms with van der Waals surface area (Å²) in [6.07, 6.45) is -9.72. The van der Waals surface area contributed by atoms with E-state index in [0.29, 0.717) is 24.1 Å². The summed E-state index contributed by atoms with van der Waals surface area (Å²) in [5.74, 6) is -0.799. The summed E-state index contributed by atoms with van der Waals surface area (Å²) >= 11 is 0. The van der Waals surface area contributed by atoms with Gasteiger partial charge in [-0.15, -0.1) is 0 Å². The van der Waals surface area contributed by atoms with Crippen LogP contribution in [0, 0.1) is 0 Å². The van der Waals surface area contributed by atoms with Crippen LogP contribution >= 0.6 is 0 Å². The van der Waals surface area contributed by atoms with E-state index in [0.717, 1.165) is 5.56 Å². The van der Waals surface area contributed by atoms with Crippen molar-refractivity contribution in [1.29, 1.82) is 0 Å². The Morgan fingerprint density at radius 3 is 1.81 bits per heavy atom. The largest absolute Gasteiger partial charge is 0.416 e. The minimum atomic E-state index is -5.03. The molecule has 12 heteroatoms. The topological polar surface area (TPSA) is 75.3 Å². The first-order valence-electron chi connectivity index (χ1n) is 11.0. The van der Waals surface area contributed by atoms with Crippen molar-refractivity contribution in [1.82, 2.24) is 4.72 Å². The van der Waals surface area contributed by atoms with Crippen molar-refractivity contribution < 1.29 is 39.6 Å². The fourth-order valence-corrected chi connectivity index (χ4v) is 4.43. The van der Waals surface area contributed by atoms with Gasteiger partial charge in [0.2, 0.25) is 15.9 Å². The Balaban J connectivity index is 1.58. The number of hydrogen-bond acceptors (Lipinski definition) is 3. The third kappa shape index (κ3) is 8.32. The zero-order valence-corrected chi connectivity index (χ0v) is 20.0. The summed E-state index contributed by atoms with van der Waals surface area (Å²) in [7, 11) is -3.76. The zero-order valence-electron chi connectivity index (χ0n) is 19.2. The molecule has 0 atom stereocenters. The Labute approximate surface area is 209 Å². The number of aryl methyl sites for hydroxylation is 1. The molecule has 0 unspecified atom stereocenters. The van der Waals surface area contributed by atoms with Gasteiger partial charge in [-0.05, 0) is 54.3 Å². The first kappa shape index (κ1) is 28.2. The van der Waals surface area contributed by atoms with Crippen molar-refractivity contribution >= 4 is 21.6 Å². The average Bonchev–Trinajstić information content (AvgIpc) is 2.82. The molecular formula is C25H22F6N2O3S. The van der Waals surface area contributed by atoms with E-state index >= 15 is 0 Å². The third-order valence-electron chi connectivity index (χ3n) is 5.29. The molecule has 198 valence electrons. The third-order valence-corrected chi connectivity index (χ3v) is 6.77. The van der Waals surface area contributed by atoms with Crippen molar-refractivity contribution in [2.24, 2.45) is 0 Å². The molecule has 0 spiro atoms. The highest BCUT2D eigenvalue weighted by atomic mass is 32.2. The Hall–Kier alpha value is -3.38. The summed E-state index contributed by atoms with van der Waals surface area (Å²) in [5, 5.41) is 2.06. The Kier molecular flexibility index (Phi) is 8.64. The molecule has 0 aliphatic rings. The predicted molar refractivity (Wildman–Crippen MR) is 125 cm³/mol. The van der Waals surface area contributed by atoms with E-state index in [1.165, 1.54) is 24.3 Å². The number of rotatable bonds is 9.